The first-order valence-corrected chi connectivity index (χ1v) is 8.88. The van der Waals surface area contributed by atoms with Crippen molar-refractivity contribution in [2.75, 3.05) is 18.1 Å². The first kappa shape index (κ1) is 18.1. The minimum absolute atomic E-state index is 0.0741. The summed E-state index contributed by atoms with van der Waals surface area (Å²) in [6.45, 7) is 2.50. The zero-order valence-corrected chi connectivity index (χ0v) is 15.1. The average molecular weight is 385 g/mol. The molecule has 0 bridgehead atoms. The highest BCUT2D eigenvalue weighted by atomic mass is 19.1. The number of ether oxygens (including phenoxy) is 1. The van der Waals surface area contributed by atoms with Crippen molar-refractivity contribution in [2.45, 2.75) is 19.3 Å². The monoisotopic (exact) mass is 385 g/mol. The normalized spacial score (nSPS) is 16.6. The van der Waals surface area contributed by atoms with Crippen LogP contribution in [0.4, 0.5) is 14.5 Å². The lowest BCUT2D eigenvalue weighted by molar-refractivity contribution is -0.117. The van der Waals surface area contributed by atoms with Crippen LogP contribution < -0.4 is 9.64 Å². The molecule has 0 spiro atoms. The van der Waals surface area contributed by atoms with Crippen LogP contribution in [0.2, 0.25) is 0 Å². The number of hydrogen-bond acceptors (Lipinski definition) is 5. The predicted molar refractivity (Wildman–Crippen MR) is 97.0 cm³/mol. The van der Waals surface area contributed by atoms with Gasteiger partial charge in [0.15, 0.2) is 0 Å². The van der Waals surface area contributed by atoms with E-state index in [0.717, 1.165) is 18.2 Å². The van der Waals surface area contributed by atoms with Crippen molar-refractivity contribution in [2.24, 2.45) is 0 Å². The molecule has 28 heavy (non-hydrogen) atoms. The molecule has 1 aromatic heterocycles. The first-order chi connectivity index (χ1) is 13.6. The van der Waals surface area contributed by atoms with Crippen LogP contribution in [-0.2, 0) is 4.79 Å². The second kappa shape index (κ2) is 7.38. The number of amides is 1. The topological polar surface area (TPSA) is 68.5 Å². The van der Waals surface area contributed by atoms with Crippen molar-refractivity contribution in [3.05, 3.63) is 60.0 Å². The van der Waals surface area contributed by atoms with Crippen LogP contribution in [0.3, 0.4) is 0 Å². The lowest BCUT2D eigenvalue weighted by Gasteiger charge is -2.16. The summed E-state index contributed by atoms with van der Waals surface area (Å²) in [4.78, 5) is 18.0. The first-order valence-electron chi connectivity index (χ1n) is 8.88. The lowest BCUT2D eigenvalue weighted by atomic mass is 10.1. The van der Waals surface area contributed by atoms with Crippen molar-refractivity contribution in [1.29, 1.82) is 0 Å². The van der Waals surface area contributed by atoms with Crippen molar-refractivity contribution >= 4 is 11.6 Å². The van der Waals surface area contributed by atoms with Gasteiger partial charge in [0.2, 0.25) is 17.6 Å². The van der Waals surface area contributed by atoms with Crippen LogP contribution in [0, 0.1) is 11.6 Å². The van der Waals surface area contributed by atoms with Gasteiger partial charge >= 0.3 is 0 Å². The SMILES string of the molecule is CCOc1ccccc1-c1noc(C2CC(=O)N(c3cc(F)ccc3F)C2)n1. The van der Waals surface area contributed by atoms with Crippen molar-refractivity contribution < 1.29 is 22.8 Å². The molecule has 4 rings (SSSR count). The third-order valence-electron chi connectivity index (χ3n) is 4.54. The fourth-order valence-electron chi connectivity index (χ4n) is 3.24. The smallest absolute Gasteiger partial charge is 0.232 e. The third-order valence-corrected chi connectivity index (χ3v) is 4.54. The molecule has 1 atom stereocenters. The van der Waals surface area contributed by atoms with Crippen LogP contribution >= 0.6 is 0 Å². The van der Waals surface area contributed by atoms with E-state index < -0.39 is 17.6 Å². The Kier molecular flexibility index (Phi) is 4.77. The van der Waals surface area contributed by atoms with Crippen LogP contribution in [-0.4, -0.2) is 29.2 Å². The molecule has 1 amide bonds. The molecule has 2 heterocycles. The maximum absolute atomic E-state index is 14.0. The number of hydrogen-bond donors (Lipinski definition) is 0. The van der Waals surface area contributed by atoms with E-state index in [1.165, 1.54) is 4.90 Å². The van der Waals surface area contributed by atoms with E-state index in [9.17, 15) is 13.6 Å². The molecule has 6 nitrogen and oxygen atoms in total. The zero-order chi connectivity index (χ0) is 19.7. The molecule has 0 aliphatic carbocycles. The number of para-hydroxylation sites is 1. The molecule has 1 fully saturated rings. The Labute approximate surface area is 159 Å². The molecule has 0 N–H and O–H groups in total. The number of halogens is 2. The van der Waals surface area contributed by atoms with Gasteiger partial charge in [-0.2, -0.15) is 4.98 Å². The molecule has 1 aliphatic rings. The Bertz CT molecular complexity index is 1020. The number of carbonyl (C=O) groups is 1. The van der Waals surface area contributed by atoms with Crippen LogP contribution in [0.1, 0.15) is 25.2 Å². The van der Waals surface area contributed by atoms with Gasteiger partial charge in [-0.25, -0.2) is 8.78 Å². The summed E-state index contributed by atoms with van der Waals surface area (Å²) in [5.74, 6) is -0.758. The molecule has 8 heteroatoms. The summed E-state index contributed by atoms with van der Waals surface area (Å²) in [6.07, 6.45) is 0.0741. The number of aromatic nitrogens is 2. The third kappa shape index (κ3) is 3.33. The van der Waals surface area contributed by atoms with Crippen molar-refractivity contribution in [3.63, 3.8) is 0 Å². The largest absolute Gasteiger partial charge is 0.493 e. The molecule has 0 saturated carbocycles. The molecular formula is C20H17F2N3O3. The van der Waals surface area contributed by atoms with Gasteiger partial charge < -0.3 is 14.2 Å². The standard InChI is InChI=1S/C20H17F2N3O3/c1-2-27-17-6-4-3-5-14(17)19-23-20(28-24-19)12-9-18(26)25(11-12)16-10-13(21)7-8-15(16)22/h3-8,10,12H,2,9,11H2,1H3. The van der Waals surface area contributed by atoms with Gasteiger partial charge in [-0.1, -0.05) is 17.3 Å². The Morgan fingerprint density at radius 2 is 2.07 bits per heavy atom. The lowest BCUT2D eigenvalue weighted by Crippen LogP contribution is -2.25. The number of anilines is 1. The summed E-state index contributed by atoms with van der Waals surface area (Å²) in [6, 6.07) is 10.3. The average Bonchev–Trinajstić information content (AvgIpc) is 3.31. The van der Waals surface area contributed by atoms with Crippen LogP contribution in [0.15, 0.2) is 47.0 Å². The van der Waals surface area contributed by atoms with E-state index in [4.69, 9.17) is 9.26 Å². The highest BCUT2D eigenvalue weighted by molar-refractivity contribution is 5.96. The fourth-order valence-corrected chi connectivity index (χ4v) is 3.24. The van der Waals surface area contributed by atoms with E-state index in [1.54, 1.807) is 0 Å². The Balaban J connectivity index is 1.59. The van der Waals surface area contributed by atoms with E-state index >= 15 is 0 Å². The van der Waals surface area contributed by atoms with E-state index in [0.29, 0.717) is 23.7 Å². The van der Waals surface area contributed by atoms with Crippen molar-refractivity contribution in [3.8, 4) is 17.1 Å². The van der Waals surface area contributed by atoms with Gasteiger partial charge in [0.05, 0.1) is 23.8 Å². The molecule has 1 unspecified atom stereocenters. The number of nitrogens with zero attached hydrogens (tertiary/aromatic N) is 3. The molecular weight excluding hydrogens is 368 g/mol. The summed E-state index contributed by atoms with van der Waals surface area (Å²) in [5, 5.41) is 4.00. The minimum atomic E-state index is -0.660. The summed E-state index contributed by atoms with van der Waals surface area (Å²) >= 11 is 0. The zero-order valence-electron chi connectivity index (χ0n) is 15.1. The van der Waals surface area contributed by atoms with Gasteiger partial charge in [0, 0.05) is 19.0 Å². The maximum Gasteiger partial charge on any atom is 0.232 e. The predicted octanol–water partition coefficient (Wildman–Crippen LogP) is 3.93. The maximum atomic E-state index is 14.0. The van der Waals surface area contributed by atoms with E-state index in [2.05, 4.69) is 10.1 Å². The molecule has 144 valence electrons. The van der Waals surface area contributed by atoms with Crippen molar-refractivity contribution in [1.82, 2.24) is 10.1 Å². The number of rotatable bonds is 5. The molecule has 2 aromatic carbocycles. The van der Waals surface area contributed by atoms with Gasteiger partial charge in [-0.05, 0) is 31.2 Å². The van der Waals surface area contributed by atoms with Gasteiger partial charge in [0.25, 0.3) is 0 Å². The fraction of sp³-hybridized carbons (Fsp3) is 0.250. The van der Waals surface area contributed by atoms with Crippen LogP contribution in [0.5, 0.6) is 5.75 Å². The number of benzene rings is 2. The second-order valence-electron chi connectivity index (χ2n) is 6.39. The van der Waals surface area contributed by atoms with Gasteiger partial charge in [-0.15, -0.1) is 0 Å². The van der Waals surface area contributed by atoms with E-state index in [-0.39, 0.29) is 30.5 Å². The second-order valence-corrected chi connectivity index (χ2v) is 6.39. The number of carbonyl (C=O) groups excluding carboxylic acids is 1. The van der Waals surface area contributed by atoms with Gasteiger partial charge in [-0.3, -0.25) is 4.79 Å². The Hall–Kier alpha value is -3.29. The van der Waals surface area contributed by atoms with E-state index in [1.807, 2.05) is 31.2 Å². The summed E-state index contributed by atoms with van der Waals surface area (Å²) in [5.41, 5.74) is 0.589. The highest BCUT2D eigenvalue weighted by Crippen LogP contribution is 2.34. The molecule has 0 radical (unpaired) electrons. The van der Waals surface area contributed by atoms with Crippen LogP contribution in [0.25, 0.3) is 11.4 Å². The Morgan fingerprint density at radius 1 is 1.25 bits per heavy atom. The Morgan fingerprint density at radius 3 is 2.89 bits per heavy atom. The molecule has 1 saturated heterocycles. The minimum Gasteiger partial charge on any atom is -0.493 e. The molecule has 1 aliphatic heterocycles. The quantitative estimate of drug-likeness (QED) is 0.666. The molecule has 3 aromatic rings. The summed E-state index contributed by atoms with van der Waals surface area (Å²) < 4.78 is 38.5. The summed E-state index contributed by atoms with van der Waals surface area (Å²) in [7, 11) is 0. The van der Waals surface area contributed by atoms with Gasteiger partial charge in [0.1, 0.15) is 17.4 Å². The highest BCUT2D eigenvalue weighted by Gasteiger charge is 2.36.